The number of methoxy groups -OCH3 is 1. The van der Waals surface area contributed by atoms with Crippen LogP contribution in [-0.4, -0.2) is 23.2 Å². The van der Waals surface area contributed by atoms with Crippen LogP contribution in [-0.2, 0) is 0 Å². The molecule has 0 aliphatic heterocycles. The van der Waals surface area contributed by atoms with E-state index in [0.717, 1.165) is 0 Å². The number of aromatic nitrogens is 1. The molecular weight excluding hydrogens is 217 g/mol. The summed E-state index contributed by atoms with van der Waals surface area (Å²) in [7, 11) is 1.33. The van der Waals surface area contributed by atoms with Crippen LogP contribution >= 0.6 is 23.2 Å². The van der Waals surface area contributed by atoms with Gasteiger partial charge < -0.3 is 9.84 Å². The van der Waals surface area contributed by atoms with Crippen molar-refractivity contribution >= 4 is 29.2 Å². The van der Waals surface area contributed by atoms with Gasteiger partial charge in [-0.25, -0.2) is 9.78 Å². The average molecular weight is 222 g/mol. The van der Waals surface area contributed by atoms with E-state index in [0.29, 0.717) is 0 Å². The largest absolute Gasteiger partial charge is 0.494 e. The predicted octanol–water partition coefficient (Wildman–Crippen LogP) is 2.10. The highest BCUT2D eigenvalue weighted by molar-refractivity contribution is 6.41. The Bertz CT molecular complexity index is 354. The summed E-state index contributed by atoms with van der Waals surface area (Å²) in [5.41, 5.74) is -0.253. The van der Waals surface area contributed by atoms with Gasteiger partial charge >= 0.3 is 5.97 Å². The van der Waals surface area contributed by atoms with Crippen molar-refractivity contribution in [3.63, 3.8) is 0 Å². The molecule has 1 rings (SSSR count). The lowest BCUT2D eigenvalue weighted by Crippen LogP contribution is -2.04. The minimum Gasteiger partial charge on any atom is -0.494 e. The molecule has 4 nitrogen and oxygen atoms in total. The molecule has 0 spiro atoms. The second kappa shape index (κ2) is 3.81. The maximum Gasteiger partial charge on any atom is 0.358 e. The van der Waals surface area contributed by atoms with Gasteiger partial charge in [-0.2, -0.15) is 0 Å². The van der Waals surface area contributed by atoms with Crippen LogP contribution in [0.25, 0.3) is 0 Å². The second-order valence-electron chi connectivity index (χ2n) is 2.12. The van der Waals surface area contributed by atoms with Crippen molar-refractivity contribution in [2.45, 2.75) is 0 Å². The molecule has 0 unspecified atom stereocenters. The molecule has 0 saturated carbocycles. The van der Waals surface area contributed by atoms with Crippen molar-refractivity contribution in [1.29, 1.82) is 0 Å². The van der Waals surface area contributed by atoms with E-state index in [2.05, 4.69) is 4.98 Å². The normalized spacial score (nSPS) is 9.77. The Hall–Kier alpha value is -1.00. The van der Waals surface area contributed by atoms with Crippen LogP contribution in [0, 0.1) is 0 Å². The molecule has 0 bridgehead atoms. The Morgan fingerprint density at radius 3 is 2.69 bits per heavy atom. The van der Waals surface area contributed by atoms with Crippen molar-refractivity contribution in [3.8, 4) is 5.75 Å². The van der Waals surface area contributed by atoms with Crippen LogP contribution in [0.4, 0.5) is 0 Å². The van der Waals surface area contributed by atoms with Gasteiger partial charge in [-0.1, -0.05) is 23.2 Å². The van der Waals surface area contributed by atoms with Gasteiger partial charge in [0.05, 0.1) is 12.1 Å². The van der Waals surface area contributed by atoms with Gasteiger partial charge in [0.15, 0.2) is 11.4 Å². The summed E-state index contributed by atoms with van der Waals surface area (Å²) >= 11 is 11.1. The van der Waals surface area contributed by atoms with Crippen LogP contribution in [0.3, 0.4) is 0 Å². The standard InChI is InChI=1S/C7H5Cl2NO3/c1-13-4-2-3(8)6(9)10-5(4)7(11)12/h2H,1H3,(H,11,12). The molecule has 0 radical (unpaired) electrons. The van der Waals surface area contributed by atoms with E-state index in [1.165, 1.54) is 13.2 Å². The number of rotatable bonds is 2. The van der Waals surface area contributed by atoms with E-state index >= 15 is 0 Å². The molecule has 0 atom stereocenters. The van der Waals surface area contributed by atoms with Gasteiger partial charge in [-0.3, -0.25) is 0 Å². The fourth-order valence-electron chi connectivity index (χ4n) is 0.758. The molecule has 0 aliphatic rings. The fraction of sp³-hybridized carbons (Fsp3) is 0.143. The van der Waals surface area contributed by atoms with Gasteiger partial charge in [0.25, 0.3) is 0 Å². The maximum atomic E-state index is 10.6. The predicted molar refractivity (Wildman–Crippen MR) is 47.8 cm³/mol. The molecule has 13 heavy (non-hydrogen) atoms. The van der Waals surface area contributed by atoms with E-state index in [9.17, 15) is 4.79 Å². The van der Waals surface area contributed by atoms with Gasteiger partial charge in [0.1, 0.15) is 5.15 Å². The van der Waals surface area contributed by atoms with Crippen molar-refractivity contribution in [3.05, 3.63) is 21.9 Å². The minimum atomic E-state index is -1.21. The van der Waals surface area contributed by atoms with E-state index in [-0.39, 0.29) is 21.6 Å². The molecule has 1 N–H and O–H groups in total. The first-order valence-electron chi connectivity index (χ1n) is 3.19. The second-order valence-corrected chi connectivity index (χ2v) is 2.88. The van der Waals surface area contributed by atoms with Crippen LogP contribution in [0.2, 0.25) is 10.2 Å². The lowest BCUT2D eigenvalue weighted by molar-refractivity contribution is 0.0686. The Morgan fingerprint density at radius 2 is 2.23 bits per heavy atom. The quantitative estimate of drug-likeness (QED) is 0.778. The topological polar surface area (TPSA) is 59.4 Å². The number of carboxylic acids is 1. The van der Waals surface area contributed by atoms with Gasteiger partial charge in [0, 0.05) is 6.07 Å². The highest BCUT2D eigenvalue weighted by Gasteiger charge is 2.15. The number of aromatic carboxylic acids is 1. The molecule has 1 heterocycles. The lowest BCUT2D eigenvalue weighted by atomic mass is 10.3. The number of ether oxygens (including phenoxy) is 1. The molecule has 0 amide bonds. The van der Waals surface area contributed by atoms with E-state index in [1.54, 1.807) is 0 Å². The lowest BCUT2D eigenvalue weighted by Gasteiger charge is -2.04. The summed E-state index contributed by atoms with van der Waals surface area (Å²) in [6.45, 7) is 0. The van der Waals surface area contributed by atoms with Gasteiger partial charge in [-0.05, 0) is 0 Å². The Kier molecular flexibility index (Phi) is 2.95. The zero-order chi connectivity index (χ0) is 10.0. The Balaban J connectivity index is 3.33. The van der Waals surface area contributed by atoms with Gasteiger partial charge in [-0.15, -0.1) is 0 Å². The smallest absolute Gasteiger partial charge is 0.358 e. The zero-order valence-electron chi connectivity index (χ0n) is 6.54. The highest BCUT2D eigenvalue weighted by Crippen LogP contribution is 2.27. The molecule has 0 fully saturated rings. The summed E-state index contributed by atoms with van der Waals surface area (Å²) in [4.78, 5) is 14.2. The van der Waals surface area contributed by atoms with Crippen LogP contribution < -0.4 is 4.74 Å². The first-order valence-corrected chi connectivity index (χ1v) is 3.95. The van der Waals surface area contributed by atoms with Crippen LogP contribution in [0.15, 0.2) is 6.07 Å². The van der Waals surface area contributed by atoms with Crippen LogP contribution in [0.5, 0.6) is 5.75 Å². The number of hydrogen-bond donors (Lipinski definition) is 1. The minimum absolute atomic E-state index is 0.0557. The third-order valence-electron chi connectivity index (χ3n) is 1.32. The zero-order valence-corrected chi connectivity index (χ0v) is 8.06. The molecule has 1 aromatic heterocycles. The van der Waals surface area contributed by atoms with E-state index in [4.69, 9.17) is 33.0 Å². The molecule has 1 aromatic rings. The third kappa shape index (κ3) is 2.02. The number of nitrogens with zero attached hydrogens (tertiary/aromatic N) is 1. The van der Waals surface area contributed by atoms with Crippen LogP contribution in [0.1, 0.15) is 10.5 Å². The summed E-state index contributed by atoms with van der Waals surface area (Å²) in [5.74, 6) is -1.13. The Morgan fingerprint density at radius 1 is 1.62 bits per heavy atom. The van der Waals surface area contributed by atoms with Crippen molar-refractivity contribution < 1.29 is 14.6 Å². The Labute approximate surface area is 84.1 Å². The summed E-state index contributed by atoms with van der Waals surface area (Å²) < 4.78 is 4.76. The fourth-order valence-corrected chi connectivity index (χ4v) is 1.04. The first-order chi connectivity index (χ1) is 6.06. The summed E-state index contributed by atoms with van der Waals surface area (Å²) in [5, 5.41) is 8.77. The van der Waals surface area contributed by atoms with Gasteiger partial charge in [0.2, 0.25) is 0 Å². The average Bonchev–Trinajstić information content (AvgIpc) is 2.08. The molecule has 70 valence electrons. The van der Waals surface area contributed by atoms with Crippen molar-refractivity contribution in [2.75, 3.05) is 7.11 Å². The molecule has 0 saturated heterocycles. The van der Waals surface area contributed by atoms with Crippen molar-refractivity contribution in [2.24, 2.45) is 0 Å². The molecule has 0 aromatic carbocycles. The first kappa shape index (κ1) is 10.1. The number of pyridine rings is 1. The number of halogens is 2. The number of carbonyl (C=O) groups is 1. The SMILES string of the molecule is COc1cc(Cl)c(Cl)nc1C(=O)O. The highest BCUT2D eigenvalue weighted by atomic mass is 35.5. The van der Waals surface area contributed by atoms with Crippen molar-refractivity contribution in [1.82, 2.24) is 4.98 Å². The molecule has 0 aliphatic carbocycles. The third-order valence-corrected chi connectivity index (χ3v) is 1.99. The van der Waals surface area contributed by atoms with E-state index in [1.807, 2.05) is 0 Å². The van der Waals surface area contributed by atoms with E-state index < -0.39 is 5.97 Å². The monoisotopic (exact) mass is 221 g/mol. The number of hydrogen-bond acceptors (Lipinski definition) is 3. The number of carboxylic acid groups (broad SMARTS) is 1. The molecular formula is C7H5Cl2NO3. The summed E-state index contributed by atoms with van der Waals surface area (Å²) in [6, 6.07) is 1.31. The maximum absolute atomic E-state index is 10.6. The molecule has 6 heteroatoms. The summed E-state index contributed by atoms with van der Waals surface area (Å²) in [6.07, 6.45) is 0.